The van der Waals surface area contributed by atoms with E-state index in [1.165, 1.54) is 22.5 Å². The Morgan fingerprint density at radius 2 is 1.57 bits per heavy atom. The number of nitrogens with zero attached hydrogens (tertiary/aromatic N) is 4. The highest BCUT2D eigenvalue weighted by atomic mass is 32.2. The van der Waals surface area contributed by atoms with Gasteiger partial charge in [0.1, 0.15) is 5.69 Å². The van der Waals surface area contributed by atoms with Crippen LogP contribution < -0.4 is 0 Å². The molecule has 5 rings (SSSR count). The molecular formula is C27H24N4O3S. The number of hydrogen-bond acceptors (Lipinski definition) is 5. The fourth-order valence-corrected chi connectivity index (χ4v) is 5.60. The molecule has 1 aliphatic heterocycles. The molecule has 2 aromatic heterocycles. The van der Waals surface area contributed by atoms with Crippen molar-refractivity contribution in [1.29, 1.82) is 0 Å². The number of aromatic nitrogens is 3. The Bertz CT molecular complexity index is 1460. The molecule has 1 saturated heterocycles. The van der Waals surface area contributed by atoms with Gasteiger partial charge in [-0.2, -0.15) is 9.40 Å². The number of hydrogen-bond donors (Lipinski definition) is 0. The van der Waals surface area contributed by atoms with Crippen molar-refractivity contribution in [2.75, 3.05) is 13.1 Å². The van der Waals surface area contributed by atoms with Crippen molar-refractivity contribution < 1.29 is 13.2 Å². The minimum absolute atomic E-state index is 0.212. The third-order valence-corrected chi connectivity index (χ3v) is 7.89. The number of rotatable bonds is 7. The van der Waals surface area contributed by atoms with Crippen LogP contribution in [0.2, 0.25) is 0 Å². The second kappa shape index (κ2) is 9.77. The Labute approximate surface area is 204 Å². The summed E-state index contributed by atoms with van der Waals surface area (Å²) in [6, 6.07) is 19.6. The van der Waals surface area contributed by atoms with Gasteiger partial charge in [-0.1, -0.05) is 18.2 Å². The summed E-state index contributed by atoms with van der Waals surface area (Å²) in [4.78, 5) is 17.2. The summed E-state index contributed by atoms with van der Waals surface area (Å²) in [7, 11) is -3.51. The van der Waals surface area contributed by atoms with E-state index in [-0.39, 0.29) is 10.7 Å². The molecule has 7 nitrogen and oxygen atoms in total. The summed E-state index contributed by atoms with van der Waals surface area (Å²) in [5, 5.41) is 4.73. The molecule has 2 aromatic carbocycles. The SMILES string of the molecule is O=C(/C=C/c1cn(-c2ccccc2)nc1-c1ccncc1)c1ccc(S(=O)(=O)N2CCCC2)cc1. The highest BCUT2D eigenvalue weighted by Gasteiger charge is 2.27. The lowest BCUT2D eigenvalue weighted by atomic mass is 10.1. The molecule has 1 fully saturated rings. The second-order valence-electron chi connectivity index (χ2n) is 8.28. The lowest BCUT2D eigenvalue weighted by Crippen LogP contribution is -2.27. The van der Waals surface area contributed by atoms with E-state index in [4.69, 9.17) is 5.10 Å². The molecule has 0 radical (unpaired) electrons. The van der Waals surface area contributed by atoms with Gasteiger partial charge in [-0.05, 0) is 73.5 Å². The first-order valence-corrected chi connectivity index (χ1v) is 12.8. The van der Waals surface area contributed by atoms with Gasteiger partial charge in [-0.15, -0.1) is 0 Å². The van der Waals surface area contributed by atoms with Crippen molar-refractivity contribution in [3.63, 3.8) is 0 Å². The van der Waals surface area contributed by atoms with E-state index < -0.39 is 10.0 Å². The van der Waals surface area contributed by atoms with E-state index in [1.54, 1.807) is 35.3 Å². The molecule has 0 bridgehead atoms. The maximum atomic E-state index is 12.9. The number of carbonyl (C=O) groups excluding carboxylic acids is 1. The normalized spacial score (nSPS) is 14.5. The fourth-order valence-electron chi connectivity index (χ4n) is 4.09. The van der Waals surface area contributed by atoms with E-state index in [9.17, 15) is 13.2 Å². The van der Waals surface area contributed by atoms with E-state index in [0.29, 0.717) is 18.7 Å². The molecular weight excluding hydrogens is 460 g/mol. The third kappa shape index (κ3) is 4.84. The summed E-state index contributed by atoms with van der Waals surface area (Å²) >= 11 is 0. The topological polar surface area (TPSA) is 85.2 Å². The predicted octanol–water partition coefficient (Wildman–Crippen LogP) is 4.61. The van der Waals surface area contributed by atoms with Gasteiger partial charge in [0.25, 0.3) is 0 Å². The smallest absolute Gasteiger partial charge is 0.243 e. The van der Waals surface area contributed by atoms with Crippen LogP contribution in [0.15, 0.2) is 96.3 Å². The Hall–Kier alpha value is -3.88. The first-order valence-electron chi connectivity index (χ1n) is 11.4. The van der Waals surface area contributed by atoms with Crippen molar-refractivity contribution in [3.8, 4) is 16.9 Å². The van der Waals surface area contributed by atoms with Gasteiger partial charge in [0.2, 0.25) is 10.0 Å². The first kappa shape index (κ1) is 22.9. The number of sulfonamides is 1. The summed E-state index contributed by atoms with van der Waals surface area (Å²) in [6.07, 6.45) is 10.3. The molecule has 0 spiro atoms. The van der Waals surface area contributed by atoms with Crippen LogP contribution in [0.4, 0.5) is 0 Å². The highest BCUT2D eigenvalue weighted by molar-refractivity contribution is 7.89. The maximum Gasteiger partial charge on any atom is 0.243 e. The van der Waals surface area contributed by atoms with Gasteiger partial charge < -0.3 is 0 Å². The molecule has 3 heterocycles. The number of allylic oxidation sites excluding steroid dienone is 1. The van der Waals surface area contributed by atoms with Gasteiger partial charge in [0.05, 0.1) is 10.6 Å². The second-order valence-corrected chi connectivity index (χ2v) is 10.2. The molecule has 1 aliphatic rings. The van der Waals surface area contributed by atoms with Crippen molar-refractivity contribution >= 4 is 21.9 Å². The molecule has 4 aromatic rings. The van der Waals surface area contributed by atoms with Crippen LogP contribution in [0, 0.1) is 0 Å². The largest absolute Gasteiger partial charge is 0.289 e. The Morgan fingerprint density at radius 1 is 0.886 bits per heavy atom. The molecule has 0 N–H and O–H groups in total. The lowest BCUT2D eigenvalue weighted by Gasteiger charge is -2.15. The molecule has 0 aliphatic carbocycles. The number of para-hydroxylation sites is 1. The molecule has 35 heavy (non-hydrogen) atoms. The predicted molar refractivity (Wildman–Crippen MR) is 135 cm³/mol. The summed E-state index contributed by atoms with van der Waals surface area (Å²) in [6.45, 7) is 1.09. The van der Waals surface area contributed by atoms with E-state index in [0.717, 1.165) is 35.3 Å². The molecule has 0 saturated carbocycles. The van der Waals surface area contributed by atoms with E-state index >= 15 is 0 Å². The van der Waals surface area contributed by atoms with Crippen LogP contribution in [-0.2, 0) is 10.0 Å². The van der Waals surface area contributed by atoms with Crippen LogP contribution >= 0.6 is 0 Å². The van der Waals surface area contributed by atoms with Crippen molar-refractivity contribution in [3.05, 3.63) is 103 Å². The number of benzene rings is 2. The number of carbonyl (C=O) groups is 1. The van der Waals surface area contributed by atoms with Crippen molar-refractivity contribution in [1.82, 2.24) is 19.1 Å². The van der Waals surface area contributed by atoms with Crippen LogP contribution in [0.5, 0.6) is 0 Å². The fraction of sp³-hybridized carbons (Fsp3) is 0.148. The molecule has 0 atom stereocenters. The molecule has 0 unspecified atom stereocenters. The summed E-state index contributed by atoms with van der Waals surface area (Å²) in [5.74, 6) is -0.219. The van der Waals surface area contributed by atoms with Crippen LogP contribution in [0.1, 0.15) is 28.8 Å². The standard InChI is InChI=1S/C27H24N4O3S/c32-26(21-8-11-25(12-9-21)35(33,34)30-18-4-5-19-30)13-10-23-20-31(24-6-2-1-3-7-24)29-27(23)22-14-16-28-17-15-22/h1-3,6-17,20H,4-5,18-19H2/b13-10+. The maximum absolute atomic E-state index is 12.9. The van der Waals surface area contributed by atoms with E-state index in [2.05, 4.69) is 4.98 Å². The van der Waals surface area contributed by atoms with Crippen molar-refractivity contribution in [2.45, 2.75) is 17.7 Å². The average molecular weight is 485 g/mol. The Balaban J connectivity index is 1.41. The van der Waals surface area contributed by atoms with Crippen LogP contribution in [0.3, 0.4) is 0 Å². The number of ketones is 1. The summed E-state index contributed by atoms with van der Waals surface area (Å²) in [5.41, 5.74) is 3.72. The van der Waals surface area contributed by atoms with Gasteiger partial charge in [0, 0.05) is 48.4 Å². The van der Waals surface area contributed by atoms with E-state index in [1.807, 2.05) is 48.7 Å². The van der Waals surface area contributed by atoms with Gasteiger partial charge in [-0.3, -0.25) is 9.78 Å². The van der Waals surface area contributed by atoms with Gasteiger partial charge in [-0.25, -0.2) is 13.1 Å². The molecule has 8 heteroatoms. The zero-order valence-corrected chi connectivity index (χ0v) is 19.8. The van der Waals surface area contributed by atoms with Crippen LogP contribution in [0.25, 0.3) is 23.0 Å². The minimum atomic E-state index is -3.51. The van der Waals surface area contributed by atoms with Crippen LogP contribution in [-0.4, -0.2) is 46.4 Å². The Morgan fingerprint density at radius 3 is 2.26 bits per heavy atom. The zero-order chi connectivity index (χ0) is 24.3. The molecule has 176 valence electrons. The van der Waals surface area contributed by atoms with Gasteiger partial charge >= 0.3 is 0 Å². The quantitative estimate of drug-likeness (QED) is 0.282. The average Bonchev–Trinajstić information content (AvgIpc) is 3.60. The third-order valence-electron chi connectivity index (χ3n) is 5.97. The highest BCUT2D eigenvalue weighted by Crippen LogP contribution is 2.25. The Kier molecular flexibility index (Phi) is 6.39. The number of pyridine rings is 1. The van der Waals surface area contributed by atoms with Crippen molar-refractivity contribution in [2.24, 2.45) is 0 Å². The molecule has 0 amide bonds. The first-order chi connectivity index (χ1) is 17.0. The lowest BCUT2D eigenvalue weighted by molar-refractivity contribution is 0.104. The monoisotopic (exact) mass is 484 g/mol. The van der Waals surface area contributed by atoms with Gasteiger partial charge in [0.15, 0.2) is 5.78 Å². The zero-order valence-electron chi connectivity index (χ0n) is 19.0. The minimum Gasteiger partial charge on any atom is -0.289 e. The summed E-state index contributed by atoms with van der Waals surface area (Å²) < 4.78 is 28.7.